The van der Waals surface area contributed by atoms with Crippen LogP contribution in [-0.2, 0) is 4.79 Å². The summed E-state index contributed by atoms with van der Waals surface area (Å²) in [6.45, 7) is 2.12. The van der Waals surface area contributed by atoms with Crippen molar-refractivity contribution in [3.63, 3.8) is 0 Å². The lowest BCUT2D eigenvalue weighted by Crippen LogP contribution is -2.21. The average Bonchev–Trinajstić information content (AvgIpc) is 3.19. The van der Waals surface area contributed by atoms with E-state index in [1.165, 1.54) is 30.4 Å². The van der Waals surface area contributed by atoms with Crippen LogP contribution in [0, 0.1) is 5.92 Å². The van der Waals surface area contributed by atoms with Gasteiger partial charge in [0.15, 0.2) is 0 Å². The summed E-state index contributed by atoms with van der Waals surface area (Å²) >= 11 is 6.22. The highest BCUT2D eigenvalue weighted by atomic mass is 35.5. The number of Topliss-reactive ketones (excluding diaryl/α,β-unsaturated/α-hetero) is 1. The molecule has 1 aliphatic carbocycles. The lowest BCUT2D eigenvalue weighted by Gasteiger charge is -2.24. The summed E-state index contributed by atoms with van der Waals surface area (Å²) in [6, 6.07) is 7.98. The van der Waals surface area contributed by atoms with Gasteiger partial charge in [0.2, 0.25) is 0 Å². The van der Waals surface area contributed by atoms with Crippen LogP contribution in [0.15, 0.2) is 36.8 Å². The molecular formula is C21H23ClN2O. The summed E-state index contributed by atoms with van der Waals surface area (Å²) in [4.78, 5) is 17.3. The molecule has 0 saturated heterocycles. The number of fused-ring (bicyclic) bond motifs is 1. The third kappa shape index (κ3) is 3.06. The second kappa shape index (κ2) is 6.80. The molecule has 130 valence electrons. The number of hydrogen-bond donors (Lipinski definition) is 0. The number of imidazole rings is 1. The maximum atomic E-state index is 13.0. The molecule has 2 heterocycles. The molecule has 0 amide bonds. The van der Waals surface area contributed by atoms with Gasteiger partial charge in [0.05, 0.1) is 24.3 Å². The minimum absolute atomic E-state index is 0.0328. The Hall–Kier alpha value is -1.87. The topological polar surface area (TPSA) is 34.9 Å². The number of carbonyl (C=O) groups is 1. The number of hydrogen-bond acceptors (Lipinski definition) is 2. The van der Waals surface area contributed by atoms with Gasteiger partial charge in [-0.2, -0.15) is 0 Å². The zero-order chi connectivity index (χ0) is 17.4. The molecule has 4 heteroatoms. The first-order chi connectivity index (χ1) is 12.1. The fourth-order valence-electron chi connectivity index (χ4n) is 4.42. The van der Waals surface area contributed by atoms with Gasteiger partial charge in [-0.3, -0.25) is 4.79 Å². The van der Waals surface area contributed by atoms with Gasteiger partial charge >= 0.3 is 0 Å². The minimum atomic E-state index is 0.0328. The molecule has 25 heavy (non-hydrogen) atoms. The van der Waals surface area contributed by atoms with Crippen molar-refractivity contribution in [2.24, 2.45) is 5.92 Å². The molecule has 4 rings (SSSR count). The fourth-order valence-corrected chi connectivity index (χ4v) is 4.61. The lowest BCUT2D eigenvalue weighted by atomic mass is 9.82. The highest BCUT2D eigenvalue weighted by Gasteiger charge is 2.33. The highest BCUT2D eigenvalue weighted by molar-refractivity contribution is 6.30. The highest BCUT2D eigenvalue weighted by Crippen LogP contribution is 2.45. The summed E-state index contributed by atoms with van der Waals surface area (Å²) in [5, 5.41) is 0.727. The Morgan fingerprint density at radius 3 is 2.84 bits per heavy atom. The molecule has 0 bridgehead atoms. The zero-order valence-corrected chi connectivity index (χ0v) is 15.3. The second-order valence-electron chi connectivity index (χ2n) is 7.26. The lowest BCUT2D eigenvalue weighted by molar-refractivity contribution is -0.124. The largest absolute Gasteiger partial charge is 0.323 e. The van der Waals surface area contributed by atoms with Crippen LogP contribution in [0.4, 0.5) is 0 Å². The molecule has 1 unspecified atom stereocenters. The van der Waals surface area contributed by atoms with Gasteiger partial charge in [0.25, 0.3) is 0 Å². The van der Waals surface area contributed by atoms with Crippen molar-refractivity contribution in [1.82, 2.24) is 9.55 Å². The fraction of sp³-hybridized carbons (Fsp3) is 0.429. The molecule has 1 aliphatic heterocycles. The Morgan fingerprint density at radius 1 is 1.28 bits per heavy atom. The minimum Gasteiger partial charge on any atom is -0.323 e. The molecule has 0 N–H and O–H groups in total. The number of aromatic nitrogens is 2. The van der Waals surface area contributed by atoms with Gasteiger partial charge in [0.1, 0.15) is 5.78 Å². The molecule has 1 aromatic carbocycles. The number of rotatable bonds is 4. The number of ketones is 1. The molecule has 2 aromatic rings. The van der Waals surface area contributed by atoms with Gasteiger partial charge in [0, 0.05) is 17.4 Å². The first-order valence-electron chi connectivity index (χ1n) is 9.17. The van der Waals surface area contributed by atoms with Gasteiger partial charge < -0.3 is 4.57 Å². The van der Waals surface area contributed by atoms with Crippen LogP contribution < -0.4 is 0 Å². The van der Waals surface area contributed by atoms with Gasteiger partial charge in [-0.1, -0.05) is 43.0 Å². The molecule has 0 spiro atoms. The average molecular weight is 355 g/mol. The van der Waals surface area contributed by atoms with E-state index in [0.29, 0.717) is 12.2 Å². The second-order valence-corrected chi connectivity index (χ2v) is 7.69. The SMILES string of the molecule is CC1=C(c2cccc(Cl)c2)C(CC(=O)C2CCCCC2)n2cncc21. The molecule has 1 fully saturated rings. The molecule has 2 aliphatic rings. The van der Waals surface area contributed by atoms with Crippen LogP contribution in [0.1, 0.15) is 62.7 Å². The predicted molar refractivity (Wildman–Crippen MR) is 101 cm³/mol. The number of nitrogens with zero attached hydrogens (tertiary/aromatic N) is 2. The summed E-state index contributed by atoms with van der Waals surface area (Å²) in [5.41, 5.74) is 4.62. The standard InChI is InChI=1S/C21H23ClN2O/c1-14-19-12-23-13-24(19)18(11-20(25)15-6-3-2-4-7-15)21(14)16-8-5-9-17(22)10-16/h5,8-10,12-13,15,18H,2-4,6-7,11H2,1H3. The van der Waals surface area contributed by atoms with E-state index in [4.69, 9.17) is 11.6 Å². The van der Waals surface area contributed by atoms with E-state index in [-0.39, 0.29) is 12.0 Å². The van der Waals surface area contributed by atoms with E-state index in [9.17, 15) is 4.79 Å². The van der Waals surface area contributed by atoms with Crippen molar-refractivity contribution in [2.45, 2.75) is 51.5 Å². The number of halogens is 1. The van der Waals surface area contributed by atoms with Crippen molar-refractivity contribution < 1.29 is 4.79 Å². The summed E-state index contributed by atoms with van der Waals surface area (Å²) < 4.78 is 2.16. The Bertz CT molecular complexity index is 830. The van der Waals surface area contributed by atoms with Crippen molar-refractivity contribution in [3.8, 4) is 0 Å². The smallest absolute Gasteiger partial charge is 0.138 e. The van der Waals surface area contributed by atoms with Crippen LogP contribution in [0.25, 0.3) is 11.1 Å². The van der Waals surface area contributed by atoms with E-state index >= 15 is 0 Å². The van der Waals surface area contributed by atoms with E-state index in [0.717, 1.165) is 29.1 Å². The monoisotopic (exact) mass is 354 g/mol. The number of allylic oxidation sites excluding steroid dienone is 2. The van der Waals surface area contributed by atoms with Crippen LogP contribution in [-0.4, -0.2) is 15.3 Å². The normalized spacial score (nSPS) is 20.8. The van der Waals surface area contributed by atoms with E-state index in [2.05, 4.69) is 22.5 Å². The third-order valence-electron chi connectivity index (χ3n) is 5.71. The van der Waals surface area contributed by atoms with E-state index in [1.54, 1.807) is 0 Å². The third-order valence-corrected chi connectivity index (χ3v) is 5.95. The van der Waals surface area contributed by atoms with Gasteiger partial charge in [-0.25, -0.2) is 4.98 Å². The molecule has 1 atom stereocenters. The summed E-state index contributed by atoms with van der Waals surface area (Å²) in [5.74, 6) is 0.640. The zero-order valence-electron chi connectivity index (χ0n) is 14.5. The molecule has 1 aromatic heterocycles. The Balaban J connectivity index is 1.67. The van der Waals surface area contributed by atoms with Crippen LogP contribution in [0.5, 0.6) is 0 Å². The Labute approximate surface area is 153 Å². The van der Waals surface area contributed by atoms with Crippen LogP contribution in [0.2, 0.25) is 5.02 Å². The first kappa shape index (κ1) is 16.6. The number of carbonyl (C=O) groups excluding carboxylic acids is 1. The quantitative estimate of drug-likeness (QED) is 0.720. The Morgan fingerprint density at radius 2 is 2.08 bits per heavy atom. The maximum Gasteiger partial charge on any atom is 0.138 e. The molecule has 1 saturated carbocycles. The molecular weight excluding hydrogens is 332 g/mol. The van der Waals surface area contributed by atoms with Crippen molar-refractivity contribution >= 4 is 28.5 Å². The summed E-state index contributed by atoms with van der Waals surface area (Å²) in [6.07, 6.45) is 10.1. The van der Waals surface area contributed by atoms with Crippen molar-refractivity contribution in [1.29, 1.82) is 0 Å². The van der Waals surface area contributed by atoms with Crippen molar-refractivity contribution in [2.75, 3.05) is 0 Å². The van der Waals surface area contributed by atoms with Crippen LogP contribution in [0.3, 0.4) is 0 Å². The molecule has 3 nitrogen and oxygen atoms in total. The van der Waals surface area contributed by atoms with E-state index < -0.39 is 0 Å². The number of benzene rings is 1. The molecule has 0 radical (unpaired) electrons. The van der Waals surface area contributed by atoms with E-state index in [1.807, 2.05) is 30.7 Å². The van der Waals surface area contributed by atoms with Crippen LogP contribution >= 0.6 is 11.6 Å². The summed E-state index contributed by atoms with van der Waals surface area (Å²) in [7, 11) is 0. The first-order valence-corrected chi connectivity index (χ1v) is 9.54. The van der Waals surface area contributed by atoms with Crippen molar-refractivity contribution in [3.05, 3.63) is 53.1 Å². The maximum absolute atomic E-state index is 13.0. The van der Waals surface area contributed by atoms with Gasteiger partial charge in [-0.15, -0.1) is 0 Å². The predicted octanol–water partition coefficient (Wildman–Crippen LogP) is 5.56. The van der Waals surface area contributed by atoms with Gasteiger partial charge in [-0.05, 0) is 48.6 Å². The Kier molecular flexibility index (Phi) is 4.51.